The molecule has 2 aromatic carbocycles. The van der Waals surface area contributed by atoms with Crippen LogP contribution >= 0.6 is 47.0 Å². The average Bonchev–Trinajstić information content (AvgIpc) is 2.59. The zero-order chi connectivity index (χ0) is 18.8. The Morgan fingerprint density at radius 2 is 1.77 bits per heavy atom. The van der Waals surface area contributed by atoms with Crippen LogP contribution in [0.4, 0.5) is 11.4 Å². The van der Waals surface area contributed by atoms with Gasteiger partial charge in [0.2, 0.25) is 5.91 Å². The molecule has 0 saturated carbocycles. The number of thiocarbonyl (C=S) groups is 1. The summed E-state index contributed by atoms with van der Waals surface area (Å²) in [5.41, 5.74) is 0.842. The molecule has 0 aromatic heterocycles. The first-order valence-corrected chi connectivity index (χ1v) is 8.85. The number of anilines is 1. The normalized spacial score (nSPS) is 17.7. The summed E-state index contributed by atoms with van der Waals surface area (Å²) in [6, 6.07) is 11.4. The maximum atomic E-state index is 12.8. The maximum Gasteiger partial charge on any atom is 0.251 e. The van der Waals surface area contributed by atoms with Gasteiger partial charge >= 0.3 is 0 Å². The summed E-state index contributed by atoms with van der Waals surface area (Å²) < 4.78 is 0. The SMILES string of the molecule is O=C1NC(=S)N(c2ccc(Cl)cc2)C(=O)[C@H]1C=Nc1cccc(Cl)c1Cl. The van der Waals surface area contributed by atoms with Gasteiger partial charge in [-0.05, 0) is 48.6 Å². The summed E-state index contributed by atoms with van der Waals surface area (Å²) in [6.45, 7) is 0. The van der Waals surface area contributed by atoms with E-state index in [4.69, 9.17) is 47.0 Å². The van der Waals surface area contributed by atoms with E-state index < -0.39 is 17.7 Å². The van der Waals surface area contributed by atoms with Crippen LogP contribution in [0.5, 0.6) is 0 Å². The fourth-order valence-corrected chi connectivity index (χ4v) is 3.07. The van der Waals surface area contributed by atoms with Crippen LogP contribution in [0.3, 0.4) is 0 Å². The van der Waals surface area contributed by atoms with Crippen molar-refractivity contribution in [2.75, 3.05) is 4.90 Å². The Labute approximate surface area is 169 Å². The van der Waals surface area contributed by atoms with E-state index in [1.54, 1.807) is 42.5 Å². The molecule has 2 amide bonds. The van der Waals surface area contributed by atoms with Crippen LogP contribution in [0, 0.1) is 5.92 Å². The van der Waals surface area contributed by atoms with Gasteiger partial charge in [0.1, 0.15) is 0 Å². The van der Waals surface area contributed by atoms with Crippen molar-refractivity contribution in [2.45, 2.75) is 0 Å². The summed E-state index contributed by atoms with van der Waals surface area (Å²) in [7, 11) is 0. The lowest BCUT2D eigenvalue weighted by atomic mass is 10.1. The number of hydrogen-bond acceptors (Lipinski definition) is 4. The van der Waals surface area contributed by atoms with Crippen LogP contribution in [0.25, 0.3) is 0 Å². The second-order valence-electron chi connectivity index (χ2n) is 5.27. The van der Waals surface area contributed by atoms with Gasteiger partial charge in [-0.15, -0.1) is 0 Å². The van der Waals surface area contributed by atoms with E-state index in [9.17, 15) is 9.59 Å². The second kappa shape index (κ2) is 7.72. The first-order chi connectivity index (χ1) is 12.4. The smallest absolute Gasteiger partial charge is 0.251 e. The largest absolute Gasteiger partial charge is 0.301 e. The highest BCUT2D eigenvalue weighted by Gasteiger charge is 2.38. The monoisotopic (exact) mass is 425 g/mol. The van der Waals surface area contributed by atoms with Gasteiger partial charge in [0.05, 0.1) is 21.4 Å². The van der Waals surface area contributed by atoms with E-state index in [2.05, 4.69) is 10.3 Å². The minimum Gasteiger partial charge on any atom is -0.301 e. The molecule has 3 rings (SSSR count). The fourth-order valence-electron chi connectivity index (χ4n) is 2.30. The van der Waals surface area contributed by atoms with Crippen molar-refractivity contribution in [3.63, 3.8) is 0 Å². The molecule has 0 aliphatic carbocycles. The molecule has 1 N–H and O–H groups in total. The molecule has 1 heterocycles. The minimum absolute atomic E-state index is 0.00670. The van der Waals surface area contributed by atoms with Crippen molar-refractivity contribution in [3.8, 4) is 0 Å². The van der Waals surface area contributed by atoms with Crippen molar-refractivity contribution < 1.29 is 9.59 Å². The zero-order valence-corrected chi connectivity index (χ0v) is 16.0. The Morgan fingerprint density at radius 1 is 1.08 bits per heavy atom. The Hall–Kier alpha value is -1.99. The molecule has 0 radical (unpaired) electrons. The Balaban J connectivity index is 1.91. The predicted molar refractivity (Wildman–Crippen MR) is 108 cm³/mol. The van der Waals surface area contributed by atoms with Crippen molar-refractivity contribution in [3.05, 3.63) is 57.5 Å². The minimum atomic E-state index is -1.16. The van der Waals surface area contributed by atoms with E-state index in [1.165, 1.54) is 11.1 Å². The fraction of sp³-hybridized carbons (Fsp3) is 0.0588. The number of carbonyl (C=O) groups is 2. The molecule has 1 fully saturated rings. The van der Waals surface area contributed by atoms with Gasteiger partial charge in [-0.1, -0.05) is 40.9 Å². The van der Waals surface area contributed by atoms with Crippen LogP contribution in [0.15, 0.2) is 47.5 Å². The Morgan fingerprint density at radius 3 is 2.46 bits per heavy atom. The highest BCUT2D eigenvalue weighted by atomic mass is 35.5. The summed E-state index contributed by atoms with van der Waals surface area (Å²) in [6.07, 6.45) is 1.22. The Bertz CT molecular complexity index is 931. The van der Waals surface area contributed by atoms with Gasteiger partial charge in [-0.25, -0.2) is 0 Å². The molecule has 1 atom stereocenters. The molecule has 2 aromatic rings. The summed E-state index contributed by atoms with van der Waals surface area (Å²) >= 11 is 23.0. The topological polar surface area (TPSA) is 61.8 Å². The number of nitrogens with one attached hydrogen (secondary N) is 1. The number of amides is 2. The lowest BCUT2D eigenvalue weighted by Crippen LogP contribution is -2.58. The van der Waals surface area contributed by atoms with Gasteiger partial charge in [-0.2, -0.15) is 0 Å². The highest BCUT2D eigenvalue weighted by molar-refractivity contribution is 7.80. The number of benzene rings is 2. The van der Waals surface area contributed by atoms with Gasteiger partial charge in [0.15, 0.2) is 11.0 Å². The van der Waals surface area contributed by atoms with Crippen molar-refractivity contribution in [2.24, 2.45) is 10.9 Å². The predicted octanol–water partition coefficient (Wildman–Crippen LogP) is 4.41. The number of nitrogens with zero attached hydrogens (tertiary/aromatic N) is 2. The maximum absolute atomic E-state index is 12.8. The van der Waals surface area contributed by atoms with Crippen LogP contribution in [0.2, 0.25) is 15.1 Å². The molecule has 1 saturated heterocycles. The number of carbonyl (C=O) groups excluding carboxylic acids is 2. The molecule has 1 aliphatic rings. The standard InChI is InChI=1S/C17H10Cl3N3O2S/c18-9-4-6-10(7-5-9)23-16(25)11(15(24)22-17(23)26)8-21-13-3-1-2-12(19)14(13)20/h1-8,11H,(H,22,24,26)/t11-/m0/s1. The molecule has 5 nitrogen and oxygen atoms in total. The van der Waals surface area contributed by atoms with Crippen molar-refractivity contribution in [1.29, 1.82) is 0 Å². The van der Waals surface area contributed by atoms with E-state index >= 15 is 0 Å². The Kier molecular flexibility index (Phi) is 5.58. The molecule has 9 heteroatoms. The van der Waals surface area contributed by atoms with Crippen LogP contribution in [-0.2, 0) is 9.59 Å². The first kappa shape index (κ1) is 18.8. The quantitative estimate of drug-likeness (QED) is 0.449. The second-order valence-corrected chi connectivity index (χ2v) is 6.88. The van der Waals surface area contributed by atoms with Crippen LogP contribution < -0.4 is 10.2 Å². The molecule has 0 spiro atoms. The number of rotatable bonds is 3. The summed E-state index contributed by atoms with van der Waals surface area (Å²) in [4.78, 5) is 30.4. The van der Waals surface area contributed by atoms with Crippen LogP contribution in [0.1, 0.15) is 0 Å². The van der Waals surface area contributed by atoms with E-state index in [1.807, 2.05) is 0 Å². The van der Waals surface area contributed by atoms with Crippen LogP contribution in [-0.4, -0.2) is 23.1 Å². The molecular weight excluding hydrogens is 417 g/mol. The molecule has 26 heavy (non-hydrogen) atoms. The molecule has 0 bridgehead atoms. The molecular formula is C17H10Cl3N3O2S. The number of halogens is 3. The molecule has 0 unspecified atom stereocenters. The van der Waals surface area contributed by atoms with E-state index in [-0.39, 0.29) is 10.1 Å². The number of hydrogen-bond donors (Lipinski definition) is 1. The third kappa shape index (κ3) is 3.73. The number of aliphatic imine (C=N–C) groups is 1. The highest BCUT2D eigenvalue weighted by Crippen LogP contribution is 2.32. The lowest BCUT2D eigenvalue weighted by molar-refractivity contribution is -0.130. The van der Waals surface area contributed by atoms with E-state index in [0.29, 0.717) is 21.4 Å². The summed E-state index contributed by atoms with van der Waals surface area (Å²) in [5.74, 6) is -2.25. The molecule has 1 aliphatic heterocycles. The van der Waals surface area contributed by atoms with E-state index in [0.717, 1.165) is 0 Å². The average molecular weight is 427 g/mol. The van der Waals surface area contributed by atoms with Gasteiger partial charge in [-0.3, -0.25) is 19.5 Å². The van der Waals surface area contributed by atoms with Gasteiger partial charge in [0, 0.05) is 11.2 Å². The first-order valence-electron chi connectivity index (χ1n) is 7.31. The third-order valence-corrected chi connectivity index (χ3v) is 4.93. The zero-order valence-electron chi connectivity index (χ0n) is 12.9. The molecule has 132 valence electrons. The lowest BCUT2D eigenvalue weighted by Gasteiger charge is -2.30. The summed E-state index contributed by atoms with van der Waals surface area (Å²) in [5, 5.41) is 3.57. The van der Waals surface area contributed by atoms with Crippen molar-refractivity contribution >= 4 is 81.5 Å². The van der Waals surface area contributed by atoms with Crippen molar-refractivity contribution in [1.82, 2.24) is 5.32 Å². The van der Waals surface area contributed by atoms with Gasteiger partial charge < -0.3 is 5.32 Å². The van der Waals surface area contributed by atoms with Gasteiger partial charge in [0.25, 0.3) is 5.91 Å². The third-order valence-electron chi connectivity index (χ3n) is 3.58.